The maximum atomic E-state index is 13.8. The van der Waals surface area contributed by atoms with Gasteiger partial charge < -0.3 is 15.0 Å². The van der Waals surface area contributed by atoms with Crippen molar-refractivity contribution in [3.05, 3.63) is 65.5 Å². The van der Waals surface area contributed by atoms with Crippen LogP contribution in [-0.2, 0) is 6.54 Å². The molecular formula is C20H25FN2O2. The van der Waals surface area contributed by atoms with Crippen LogP contribution in [0.4, 0.5) is 9.18 Å². The first-order valence-corrected chi connectivity index (χ1v) is 8.31. The summed E-state index contributed by atoms with van der Waals surface area (Å²) in [5, 5.41) is 3.06. The number of methoxy groups -OCH3 is 1. The van der Waals surface area contributed by atoms with Crippen LogP contribution in [0.2, 0.25) is 0 Å². The quantitative estimate of drug-likeness (QED) is 0.845. The zero-order valence-electron chi connectivity index (χ0n) is 15.1. The molecule has 2 aromatic rings. The van der Waals surface area contributed by atoms with Crippen LogP contribution in [0, 0.1) is 11.7 Å². The van der Waals surface area contributed by atoms with Crippen molar-refractivity contribution in [2.75, 3.05) is 14.2 Å². The Kier molecular flexibility index (Phi) is 6.39. The fourth-order valence-electron chi connectivity index (χ4n) is 2.69. The van der Waals surface area contributed by atoms with E-state index in [1.807, 2.05) is 30.3 Å². The predicted molar refractivity (Wildman–Crippen MR) is 97.0 cm³/mol. The third-order valence-corrected chi connectivity index (χ3v) is 4.09. The summed E-state index contributed by atoms with van der Waals surface area (Å²) in [6, 6.07) is 14.3. The number of amides is 2. The number of ether oxygens (including phenoxy) is 1. The standard InChI is InChI=1S/C20H25FN2O2/c1-14(2)19(16-8-6-5-7-9-16)22-20(24)23(3)13-15-10-11-18(25-4)17(21)12-15/h5-12,14,19H,13H2,1-4H3,(H,22,24). The van der Waals surface area contributed by atoms with Gasteiger partial charge in [-0.2, -0.15) is 0 Å². The number of carbonyl (C=O) groups excluding carboxylic acids is 1. The molecule has 0 aliphatic carbocycles. The molecule has 5 heteroatoms. The van der Waals surface area contributed by atoms with Crippen molar-refractivity contribution in [1.29, 1.82) is 0 Å². The third-order valence-electron chi connectivity index (χ3n) is 4.09. The van der Waals surface area contributed by atoms with Gasteiger partial charge in [-0.15, -0.1) is 0 Å². The van der Waals surface area contributed by atoms with E-state index in [9.17, 15) is 9.18 Å². The second kappa shape index (κ2) is 8.51. The van der Waals surface area contributed by atoms with Crippen LogP contribution in [0.3, 0.4) is 0 Å². The zero-order valence-corrected chi connectivity index (χ0v) is 15.1. The number of carbonyl (C=O) groups is 1. The van der Waals surface area contributed by atoms with Crippen LogP contribution >= 0.6 is 0 Å². The van der Waals surface area contributed by atoms with Gasteiger partial charge in [0.1, 0.15) is 0 Å². The average molecular weight is 344 g/mol. The Balaban J connectivity index is 2.04. The molecule has 2 rings (SSSR count). The molecule has 0 spiro atoms. The van der Waals surface area contributed by atoms with Crippen molar-refractivity contribution >= 4 is 6.03 Å². The van der Waals surface area contributed by atoms with Crippen molar-refractivity contribution < 1.29 is 13.9 Å². The lowest BCUT2D eigenvalue weighted by Gasteiger charge is -2.26. The van der Waals surface area contributed by atoms with E-state index in [4.69, 9.17) is 4.74 Å². The molecule has 0 heterocycles. The number of rotatable bonds is 6. The highest BCUT2D eigenvalue weighted by Gasteiger charge is 2.20. The van der Waals surface area contributed by atoms with Crippen LogP contribution in [0.5, 0.6) is 5.75 Å². The van der Waals surface area contributed by atoms with E-state index in [1.54, 1.807) is 24.1 Å². The van der Waals surface area contributed by atoms with Gasteiger partial charge in [-0.25, -0.2) is 9.18 Å². The van der Waals surface area contributed by atoms with Crippen molar-refractivity contribution in [2.24, 2.45) is 5.92 Å². The summed E-state index contributed by atoms with van der Waals surface area (Å²) in [6.45, 7) is 4.44. The van der Waals surface area contributed by atoms with Gasteiger partial charge in [0.05, 0.1) is 13.2 Å². The molecule has 0 aromatic heterocycles. The Hall–Kier alpha value is -2.56. The molecule has 25 heavy (non-hydrogen) atoms. The van der Waals surface area contributed by atoms with Crippen molar-refractivity contribution in [2.45, 2.75) is 26.4 Å². The number of nitrogens with zero attached hydrogens (tertiary/aromatic N) is 1. The minimum atomic E-state index is -0.432. The van der Waals surface area contributed by atoms with E-state index in [0.717, 1.165) is 5.56 Å². The van der Waals surface area contributed by atoms with Crippen molar-refractivity contribution in [1.82, 2.24) is 10.2 Å². The Morgan fingerprint density at radius 2 is 1.88 bits per heavy atom. The van der Waals surface area contributed by atoms with Gasteiger partial charge in [-0.05, 0) is 29.2 Å². The lowest BCUT2D eigenvalue weighted by molar-refractivity contribution is 0.198. The molecule has 1 unspecified atom stereocenters. The first kappa shape index (κ1) is 18.8. The molecule has 4 nitrogen and oxygen atoms in total. The molecule has 0 saturated heterocycles. The molecule has 0 saturated carbocycles. The topological polar surface area (TPSA) is 41.6 Å². The fraction of sp³-hybridized carbons (Fsp3) is 0.350. The lowest BCUT2D eigenvalue weighted by atomic mass is 9.96. The van der Waals surface area contributed by atoms with Crippen molar-refractivity contribution in [3.63, 3.8) is 0 Å². The summed E-state index contributed by atoms with van der Waals surface area (Å²) in [6.07, 6.45) is 0. The van der Waals surface area contributed by atoms with Gasteiger partial charge >= 0.3 is 6.03 Å². The highest BCUT2D eigenvalue weighted by Crippen LogP contribution is 2.22. The second-order valence-electron chi connectivity index (χ2n) is 6.41. The van der Waals surface area contributed by atoms with Crippen LogP contribution in [0.1, 0.15) is 31.0 Å². The van der Waals surface area contributed by atoms with E-state index in [-0.39, 0.29) is 23.7 Å². The molecule has 134 valence electrons. The highest BCUT2D eigenvalue weighted by atomic mass is 19.1. The first-order chi connectivity index (χ1) is 11.9. The minimum absolute atomic E-state index is 0.0799. The number of hydrogen-bond acceptors (Lipinski definition) is 2. The smallest absolute Gasteiger partial charge is 0.317 e. The van der Waals surface area contributed by atoms with Crippen LogP contribution < -0.4 is 10.1 Å². The van der Waals surface area contributed by atoms with Gasteiger partial charge in [0.25, 0.3) is 0 Å². The highest BCUT2D eigenvalue weighted by molar-refractivity contribution is 5.74. The SMILES string of the molecule is COc1ccc(CN(C)C(=O)NC(c2ccccc2)C(C)C)cc1F. The van der Waals surface area contributed by atoms with E-state index < -0.39 is 5.82 Å². The van der Waals surface area contributed by atoms with Gasteiger partial charge in [-0.3, -0.25) is 0 Å². The molecule has 2 amide bonds. The van der Waals surface area contributed by atoms with Gasteiger partial charge in [0, 0.05) is 13.6 Å². The summed E-state index contributed by atoms with van der Waals surface area (Å²) >= 11 is 0. The molecule has 0 aliphatic rings. The average Bonchev–Trinajstić information content (AvgIpc) is 2.60. The van der Waals surface area contributed by atoms with E-state index >= 15 is 0 Å². The number of halogens is 1. The largest absolute Gasteiger partial charge is 0.494 e. The van der Waals surface area contributed by atoms with E-state index in [0.29, 0.717) is 12.1 Å². The maximum absolute atomic E-state index is 13.8. The van der Waals surface area contributed by atoms with Crippen molar-refractivity contribution in [3.8, 4) is 5.75 Å². The van der Waals surface area contributed by atoms with Crippen LogP contribution in [0.25, 0.3) is 0 Å². The molecule has 0 radical (unpaired) electrons. The van der Waals surface area contributed by atoms with E-state index in [2.05, 4.69) is 19.2 Å². The minimum Gasteiger partial charge on any atom is -0.494 e. The lowest BCUT2D eigenvalue weighted by Crippen LogP contribution is -2.40. The normalized spacial score (nSPS) is 11.9. The van der Waals surface area contributed by atoms with Crippen LogP contribution in [0.15, 0.2) is 48.5 Å². The Labute approximate surface area is 148 Å². The fourth-order valence-corrected chi connectivity index (χ4v) is 2.69. The molecule has 0 bridgehead atoms. The van der Waals surface area contributed by atoms with Gasteiger partial charge in [0.2, 0.25) is 0 Å². The number of hydrogen-bond donors (Lipinski definition) is 1. The molecule has 1 N–H and O–H groups in total. The van der Waals surface area contributed by atoms with E-state index in [1.165, 1.54) is 13.2 Å². The number of nitrogens with one attached hydrogen (secondary N) is 1. The summed E-state index contributed by atoms with van der Waals surface area (Å²) in [7, 11) is 3.12. The molecular weight excluding hydrogens is 319 g/mol. The Bertz CT molecular complexity index is 704. The Morgan fingerprint density at radius 3 is 2.44 bits per heavy atom. The predicted octanol–water partition coefficient (Wildman–Crippen LogP) is 4.37. The molecule has 1 atom stereocenters. The second-order valence-corrected chi connectivity index (χ2v) is 6.41. The molecule has 2 aromatic carbocycles. The summed E-state index contributed by atoms with van der Waals surface area (Å²) in [5.41, 5.74) is 1.77. The summed E-state index contributed by atoms with van der Waals surface area (Å²) < 4.78 is 18.7. The number of urea groups is 1. The Morgan fingerprint density at radius 1 is 1.20 bits per heavy atom. The molecule has 0 fully saturated rings. The summed E-state index contributed by atoms with van der Waals surface area (Å²) in [4.78, 5) is 14.1. The monoisotopic (exact) mass is 344 g/mol. The summed E-state index contributed by atoms with van der Waals surface area (Å²) in [5.74, 6) is 0.0103. The number of benzene rings is 2. The van der Waals surface area contributed by atoms with Gasteiger partial charge in [-0.1, -0.05) is 50.2 Å². The van der Waals surface area contributed by atoms with Crippen LogP contribution in [-0.4, -0.2) is 25.1 Å². The molecule has 0 aliphatic heterocycles. The zero-order chi connectivity index (χ0) is 18.4. The maximum Gasteiger partial charge on any atom is 0.317 e. The first-order valence-electron chi connectivity index (χ1n) is 8.31. The van der Waals surface area contributed by atoms with Gasteiger partial charge in [0.15, 0.2) is 11.6 Å². The third kappa shape index (κ3) is 4.95.